The van der Waals surface area contributed by atoms with Crippen molar-refractivity contribution in [1.82, 2.24) is 4.90 Å². The third-order valence-electron chi connectivity index (χ3n) is 4.04. The van der Waals surface area contributed by atoms with Crippen molar-refractivity contribution in [2.24, 2.45) is 0 Å². The van der Waals surface area contributed by atoms with Gasteiger partial charge in [-0.3, -0.25) is 4.90 Å². The lowest BCUT2D eigenvalue weighted by Gasteiger charge is -2.37. The molecule has 1 N–H and O–H groups in total. The quantitative estimate of drug-likeness (QED) is 0.912. The minimum absolute atomic E-state index is 0.0766. The van der Waals surface area contributed by atoms with E-state index in [2.05, 4.69) is 39.9 Å². The van der Waals surface area contributed by atoms with Crippen LogP contribution < -0.4 is 4.74 Å². The van der Waals surface area contributed by atoms with E-state index in [0.717, 1.165) is 36.3 Å². The van der Waals surface area contributed by atoms with E-state index in [-0.39, 0.29) is 12.7 Å². The molecule has 0 amide bonds. The lowest BCUT2D eigenvalue weighted by molar-refractivity contribution is -0.0806. The number of hydrogen-bond donors (Lipinski definition) is 1. The molecule has 0 radical (unpaired) electrons. The van der Waals surface area contributed by atoms with E-state index in [9.17, 15) is 5.11 Å². The van der Waals surface area contributed by atoms with Gasteiger partial charge in [-0.05, 0) is 24.6 Å². The molecule has 0 saturated carbocycles. The van der Waals surface area contributed by atoms with Crippen LogP contribution in [0.3, 0.4) is 0 Å². The van der Waals surface area contributed by atoms with E-state index in [0.29, 0.717) is 12.6 Å². The highest BCUT2D eigenvalue weighted by Crippen LogP contribution is 2.34. The van der Waals surface area contributed by atoms with Crippen LogP contribution in [-0.2, 0) is 17.7 Å². The van der Waals surface area contributed by atoms with Gasteiger partial charge in [0.05, 0.1) is 25.9 Å². The van der Waals surface area contributed by atoms with Gasteiger partial charge in [-0.25, -0.2) is 0 Å². The van der Waals surface area contributed by atoms with Gasteiger partial charge >= 0.3 is 0 Å². The molecule has 2 aliphatic heterocycles. The first-order valence-electron chi connectivity index (χ1n) is 7.08. The van der Waals surface area contributed by atoms with Crippen LogP contribution in [0.5, 0.6) is 5.75 Å². The van der Waals surface area contributed by atoms with E-state index in [4.69, 9.17) is 9.47 Å². The number of nitrogens with zero attached hydrogens (tertiary/aromatic N) is 1. The average Bonchev–Trinajstić information content (AvgIpc) is 2.89. The summed E-state index contributed by atoms with van der Waals surface area (Å²) in [6, 6.07) is 4.64. The molecule has 5 heteroatoms. The van der Waals surface area contributed by atoms with Crippen molar-refractivity contribution in [3.05, 3.63) is 27.7 Å². The van der Waals surface area contributed by atoms with Crippen molar-refractivity contribution in [3.63, 3.8) is 0 Å². The van der Waals surface area contributed by atoms with E-state index >= 15 is 0 Å². The Balaban J connectivity index is 1.80. The Kier molecular flexibility index (Phi) is 4.31. The zero-order valence-corrected chi connectivity index (χ0v) is 13.2. The van der Waals surface area contributed by atoms with Gasteiger partial charge in [-0.2, -0.15) is 0 Å². The molecule has 3 rings (SSSR count). The first-order valence-corrected chi connectivity index (χ1v) is 7.87. The van der Waals surface area contributed by atoms with E-state index in [1.54, 1.807) is 0 Å². The van der Waals surface area contributed by atoms with Gasteiger partial charge in [0.25, 0.3) is 0 Å². The van der Waals surface area contributed by atoms with E-state index < -0.39 is 0 Å². The normalized spacial score (nSPS) is 26.4. The molecule has 0 spiro atoms. The number of benzene rings is 1. The second-order valence-corrected chi connectivity index (χ2v) is 6.48. The molecule has 2 heterocycles. The second-order valence-electron chi connectivity index (χ2n) is 5.57. The molecule has 2 atom stereocenters. The molecule has 1 aromatic carbocycles. The van der Waals surface area contributed by atoms with Crippen LogP contribution in [0.25, 0.3) is 0 Å². The number of hydrogen-bond acceptors (Lipinski definition) is 4. The molecule has 1 aromatic rings. The summed E-state index contributed by atoms with van der Waals surface area (Å²) in [4.78, 5) is 2.36. The number of halogens is 1. The first-order chi connectivity index (χ1) is 9.67. The largest absolute Gasteiger partial charge is 0.493 e. The number of rotatable bonds is 3. The lowest BCUT2D eigenvalue weighted by atomic mass is 10.1. The van der Waals surface area contributed by atoms with Crippen LogP contribution in [0.2, 0.25) is 0 Å². The molecule has 2 unspecified atom stereocenters. The molecule has 0 bridgehead atoms. The molecule has 0 aliphatic carbocycles. The van der Waals surface area contributed by atoms with Gasteiger partial charge in [0.2, 0.25) is 0 Å². The van der Waals surface area contributed by atoms with Crippen molar-refractivity contribution in [2.75, 3.05) is 26.4 Å². The Hall–Kier alpha value is -0.620. The summed E-state index contributed by atoms with van der Waals surface area (Å²) in [7, 11) is 0. The van der Waals surface area contributed by atoms with Crippen LogP contribution in [0, 0.1) is 0 Å². The van der Waals surface area contributed by atoms with Gasteiger partial charge in [0.15, 0.2) is 0 Å². The Morgan fingerprint density at radius 1 is 1.45 bits per heavy atom. The van der Waals surface area contributed by atoms with Gasteiger partial charge < -0.3 is 14.6 Å². The van der Waals surface area contributed by atoms with Crippen molar-refractivity contribution in [3.8, 4) is 5.75 Å². The third kappa shape index (κ3) is 2.86. The Morgan fingerprint density at radius 3 is 3.10 bits per heavy atom. The Morgan fingerprint density at radius 2 is 2.30 bits per heavy atom. The summed E-state index contributed by atoms with van der Waals surface area (Å²) < 4.78 is 12.5. The summed E-state index contributed by atoms with van der Waals surface area (Å²) in [5, 5.41) is 9.28. The standard InChI is InChI=1S/C15H20BrNO3/c1-10-9-20-14(8-18)7-17(10)6-12-5-13(16)4-11-2-3-19-15(11)12/h4-5,10,14,18H,2-3,6-9H2,1H3. The maximum atomic E-state index is 9.28. The van der Waals surface area contributed by atoms with Crippen LogP contribution in [0.1, 0.15) is 18.1 Å². The van der Waals surface area contributed by atoms with Crippen LogP contribution >= 0.6 is 15.9 Å². The number of aliphatic hydroxyl groups is 1. The van der Waals surface area contributed by atoms with Crippen molar-refractivity contribution < 1.29 is 14.6 Å². The van der Waals surface area contributed by atoms with Crippen molar-refractivity contribution in [1.29, 1.82) is 0 Å². The fourth-order valence-electron chi connectivity index (χ4n) is 2.89. The molecule has 2 aliphatic rings. The molecule has 20 heavy (non-hydrogen) atoms. The van der Waals surface area contributed by atoms with Crippen molar-refractivity contribution in [2.45, 2.75) is 32.0 Å². The van der Waals surface area contributed by atoms with Crippen LogP contribution in [0.4, 0.5) is 0 Å². The van der Waals surface area contributed by atoms with Gasteiger partial charge in [-0.15, -0.1) is 0 Å². The average molecular weight is 342 g/mol. The number of morpholine rings is 1. The summed E-state index contributed by atoms with van der Waals surface area (Å²) in [6.07, 6.45) is 0.909. The topological polar surface area (TPSA) is 41.9 Å². The van der Waals surface area contributed by atoms with Gasteiger partial charge in [-0.1, -0.05) is 15.9 Å². The predicted octanol–water partition coefficient (Wildman–Crippen LogP) is 1.97. The SMILES string of the molecule is CC1COC(CO)CN1Cc1cc(Br)cc2c1OCC2. The van der Waals surface area contributed by atoms with Gasteiger partial charge in [0, 0.05) is 35.6 Å². The van der Waals surface area contributed by atoms with Gasteiger partial charge in [0.1, 0.15) is 5.75 Å². The molecule has 0 aromatic heterocycles. The molecule has 4 nitrogen and oxygen atoms in total. The highest BCUT2D eigenvalue weighted by atomic mass is 79.9. The molecular formula is C15H20BrNO3. The molecule has 1 fully saturated rings. The Labute approximate surface area is 127 Å². The second kappa shape index (κ2) is 6.02. The van der Waals surface area contributed by atoms with Crippen LogP contribution in [0.15, 0.2) is 16.6 Å². The van der Waals surface area contributed by atoms with Crippen molar-refractivity contribution >= 4 is 15.9 Å². The smallest absolute Gasteiger partial charge is 0.127 e. The minimum atomic E-state index is -0.0766. The third-order valence-corrected chi connectivity index (χ3v) is 4.49. The molecule has 110 valence electrons. The van der Waals surface area contributed by atoms with E-state index in [1.165, 1.54) is 11.1 Å². The summed E-state index contributed by atoms with van der Waals surface area (Å²) >= 11 is 3.58. The number of aliphatic hydroxyl groups excluding tert-OH is 1. The summed E-state index contributed by atoms with van der Waals surface area (Å²) in [5.41, 5.74) is 2.51. The Bertz CT molecular complexity index is 494. The minimum Gasteiger partial charge on any atom is -0.493 e. The first kappa shape index (κ1) is 14.3. The fraction of sp³-hybridized carbons (Fsp3) is 0.600. The zero-order chi connectivity index (χ0) is 14.1. The monoisotopic (exact) mass is 341 g/mol. The fourth-order valence-corrected chi connectivity index (χ4v) is 3.44. The maximum Gasteiger partial charge on any atom is 0.127 e. The summed E-state index contributed by atoms with van der Waals surface area (Å²) in [6.45, 7) is 5.28. The van der Waals surface area contributed by atoms with E-state index in [1.807, 2.05) is 0 Å². The maximum absolute atomic E-state index is 9.28. The predicted molar refractivity (Wildman–Crippen MR) is 80.0 cm³/mol. The van der Waals surface area contributed by atoms with Crippen LogP contribution in [-0.4, -0.2) is 48.5 Å². The molecule has 1 saturated heterocycles. The zero-order valence-electron chi connectivity index (χ0n) is 11.6. The lowest BCUT2D eigenvalue weighted by Crippen LogP contribution is -2.48. The number of fused-ring (bicyclic) bond motifs is 1. The number of ether oxygens (including phenoxy) is 2. The summed E-state index contributed by atoms with van der Waals surface area (Å²) in [5.74, 6) is 1.05. The highest BCUT2D eigenvalue weighted by molar-refractivity contribution is 9.10. The highest BCUT2D eigenvalue weighted by Gasteiger charge is 2.27. The molecular weight excluding hydrogens is 322 g/mol.